The molecule has 3 nitrogen and oxygen atoms in total. The van der Waals surface area contributed by atoms with E-state index in [0.717, 1.165) is 24.5 Å². The molecule has 0 amide bonds. The molecule has 0 radical (unpaired) electrons. The van der Waals surface area contributed by atoms with Crippen molar-refractivity contribution in [3.63, 3.8) is 0 Å². The molecule has 1 N–H and O–H groups in total. The van der Waals surface area contributed by atoms with Gasteiger partial charge in [0.25, 0.3) is 0 Å². The molecule has 0 unspecified atom stereocenters. The van der Waals surface area contributed by atoms with Gasteiger partial charge in [0.2, 0.25) is 0 Å². The summed E-state index contributed by atoms with van der Waals surface area (Å²) in [6, 6.07) is 0. The van der Waals surface area contributed by atoms with Crippen molar-refractivity contribution in [2.24, 2.45) is 5.41 Å². The quantitative estimate of drug-likeness (QED) is 0.773. The zero-order valence-corrected chi connectivity index (χ0v) is 8.59. The summed E-state index contributed by atoms with van der Waals surface area (Å²) in [4.78, 5) is 4.49. The molecule has 1 fully saturated rings. The third-order valence-electron chi connectivity index (χ3n) is 2.87. The Morgan fingerprint density at radius 2 is 2.23 bits per heavy atom. The van der Waals surface area contributed by atoms with Crippen molar-refractivity contribution in [2.45, 2.75) is 46.0 Å². The zero-order chi connectivity index (χ0) is 9.47. The summed E-state index contributed by atoms with van der Waals surface area (Å²) in [6.07, 6.45) is 3.35. The summed E-state index contributed by atoms with van der Waals surface area (Å²) in [5.41, 5.74) is 0.447. The second-order valence-electron chi connectivity index (χ2n) is 4.63. The van der Waals surface area contributed by atoms with Gasteiger partial charge in [0.15, 0.2) is 5.82 Å². The average molecular weight is 179 g/mol. The van der Waals surface area contributed by atoms with Crippen LogP contribution in [0.15, 0.2) is 0 Å². The van der Waals surface area contributed by atoms with Crippen LogP contribution in [0.2, 0.25) is 0 Å². The van der Waals surface area contributed by atoms with Gasteiger partial charge in [0.1, 0.15) is 5.82 Å². The molecule has 0 saturated heterocycles. The first-order valence-corrected chi connectivity index (χ1v) is 5.04. The second kappa shape index (κ2) is 2.82. The van der Waals surface area contributed by atoms with E-state index in [1.807, 2.05) is 0 Å². The van der Waals surface area contributed by atoms with Crippen LogP contribution in [-0.2, 0) is 6.42 Å². The number of hydrogen-bond donors (Lipinski definition) is 1. The molecule has 1 atom stereocenters. The van der Waals surface area contributed by atoms with E-state index in [4.69, 9.17) is 0 Å². The smallest absolute Gasteiger partial charge is 0.150 e. The van der Waals surface area contributed by atoms with Gasteiger partial charge < -0.3 is 0 Å². The summed E-state index contributed by atoms with van der Waals surface area (Å²) >= 11 is 0. The molecule has 1 aliphatic carbocycles. The van der Waals surface area contributed by atoms with Crippen molar-refractivity contribution in [2.75, 3.05) is 0 Å². The molecular weight excluding hydrogens is 162 g/mol. The Kier molecular flexibility index (Phi) is 1.90. The summed E-state index contributed by atoms with van der Waals surface area (Å²) in [5, 5.41) is 7.24. The van der Waals surface area contributed by atoms with Gasteiger partial charge in [-0.15, -0.1) is 0 Å². The fourth-order valence-electron chi connectivity index (χ4n) is 1.74. The minimum Gasteiger partial charge on any atom is -0.263 e. The SMILES string of the molecule is CCCc1n[nH]c([C@@H]2CC2(C)C)n1. The van der Waals surface area contributed by atoms with Crippen LogP contribution in [-0.4, -0.2) is 15.2 Å². The van der Waals surface area contributed by atoms with Crippen LogP contribution >= 0.6 is 0 Å². The number of aryl methyl sites for hydroxylation is 1. The Balaban J connectivity index is 2.07. The molecule has 0 aliphatic heterocycles. The number of rotatable bonds is 3. The molecule has 3 heteroatoms. The van der Waals surface area contributed by atoms with E-state index in [-0.39, 0.29) is 0 Å². The maximum absolute atomic E-state index is 4.49. The lowest BCUT2D eigenvalue weighted by atomic mass is 10.1. The Morgan fingerprint density at radius 3 is 2.77 bits per heavy atom. The summed E-state index contributed by atoms with van der Waals surface area (Å²) in [7, 11) is 0. The van der Waals surface area contributed by atoms with Crippen LogP contribution in [0.1, 0.15) is 51.2 Å². The molecule has 0 bridgehead atoms. The number of aromatic amines is 1. The predicted molar refractivity (Wildman–Crippen MR) is 51.5 cm³/mol. The van der Waals surface area contributed by atoms with Crippen molar-refractivity contribution in [3.8, 4) is 0 Å². The van der Waals surface area contributed by atoms with Crippen molar-refractivity contribution in [1.29, 1.82) is 0 Å². The van der Waals surface area contributed by atoms with Crippen molar-refractivity contribution in [1.82, 2.24) is 15.2 Å². The highest BCUT2D eigenvalue weighted by molar-refractivity contribution is 5.15. The van der Waals surface area contributed by atoms with Crippen LogP contribution in [0, 0.1) is 5.41 Å². The highest BCUT2D eigenvalue weighted by Gasteiger charge is 2.48. The lowest BCUT2D eigenvalue weighted by molar-refractivity contribution is 0.609. The van der Waals surface area contributed by atoms with E-state index in [1.165, 1.54) is 6.42 Å². The summed E-state index contributed by atoms with van der Waals surface area (Å²) in [5.74, 6) is 2.68. The molecule has 1 aliphatic rings. The molecule has 72 valence electrons. The monoisotopic (exact) mass is 179 g/mol. The Bertz CT molecular complexity index is 301. The third kappa shape index (κ3) is 1.60. The number of nitrogens with one attached hydrogen (secondary N) is 1. The predicted octanol–water partition coefficient (Wildman–Crippen LogP) is 2.27. The molecule has 1 aromatic heterocycles. The topological polar surface area (TPSA) is 41.6 Å². The lowest BCUT2D eigenvalue weighted by Gasteiger charge is -1.97. The standard InChI is InChI=1S/C10H17N3/c1-4-5-8-11-9(13-12-8)7-6-10(7,2)3/h7H,4-6H2,1-3H3,(H,11,12,13)/t7-/m0/s1. The largest absolute Gasteiger partial charge is 0.263 e. The second-order valence-corrected chi connectivity index (χ2v) is 4.63. The van der Waals surface area contributed by atoms with Crippen molar-refractivity contribution in [3.05, 3.63) is 11.6 Å². The Morgan fingerprint density at radius 1 is 1.54 bits per heavy atom. The third-order valence-corrected chi connectivity index (χ3v) is 2.87. The van der Waals surface area contributed by atoms with E-state index >= 15 is 0 Å². The first-order valence-electron chi connectivity index (χ1n) is 5.04. The minimum atomic E-state index is 0.447. The van der Waals surface area contributed by atoms with Crippen molar-refractivity contribution < 1.29 is 0 Å². The van der Waals surface area contributed by atoms with Gasteiger partial charge in [-0.3, -0.25) is 5.10 Å². The van der Waals surface area contributed by atoms with Gasteiger partial charge >= 0.3 is 0 Å². The molecule has 2 rings (SSSR count). The fourth-order valence-corrected chi connectivity index (χ4v) is 1.74. The summed E-state index contributed by atoms with van der Waals surface area (Å²) in [6.45, 7) is 6.70. The molecule has 1 heterocycles. The molecule has 1 aromatic rings. The zero-order valence-electron chi connectivity index (χ0n) is 8.59. The molecule has 0 spiro atoms. The van der Waals surface area contributed by atoms with Crippen molar-refractivity contribution >= 4 is 0 Å². The molecular formula is C10H17N3. The maximum atomic E-state index is 4.49. The minimum absolute atomic E-state index is 0.447. The van der Waals surface area contributed by atoms with Gasteiger partial charge in [-0.05, 0) is 18.3 Å². The van der Waals surface area contributed by atoms with Gasteiger partial charge in [-0.2, -0.15) is 5.10 Å². The van der Waals surface area contributed by atoms with Gasteiger partial charge in [0.05, 0.1) is 0 Å². The maximum Gasteiger partial charge on any atom is 0.150 e. The number of H-pyrrole nitrogens is 1. The number of aromatic nitrogens is 3. The highest BCUT2D eigenvalue weighted by atomic mass is 15.2. The molecule has 0 aromatic carbocycles. The highest BCUT2D eigenvalue weighted by Crippen LogP contribution is 2.57. The van der Waals surface area contributed by atoms with Crippen LogP contribution < -0.4 is 0 Å². The fraction of sp³-hybridized carbons (Fsp3) is 0.800. The number of hydrogen-bond acceptors (Lipinski definition) is 2. The Labute approximate surface area is 79.0 Å². The number of nitrogens with zero attached hydrogens (tertiary/aromatic N) is 2. The van der Waals surface area contributed by atoms with Gasteiger partial charge in [-0.1, -0.05) is 20.8 Å². The van der Waals surface area contributed by atoms with E-state index in [1.54, 1.807) is 0 Å². The molecule has 1 saturated carbocycles. The van der Waals surface area contributed by atoms with Gasteiger partial charge in [0, 0.05) is 12.3 Å². The average Bonchev–Trinajstić information content (AvgIpc) is 2.52. The van der Waals surface area contributed by atoms with Crippen LogP contribution in [0.3, 0.4) is 0 Å². The summed E-state index contributed by atoms with van der Waals surface area (Å²) < 4.78 is 0. The van der Waals surface area contributed by atoms with E-state index in [0.29, 0.717) is 11.3 Å². The first-order chi connectivity index (χ1) is 6.13. The van der Waals surface area contributed by atoms with Crippen LogP contribution in [0.25, 0.3) is 0 Å². The van der Waals surface area contributed by atoms with E-state index in [2.05, 4.69) is 36.0 Å². The van der Waals surface area contributed by atoms with Crippen LogP contribution in [0.4, 0.5) is 0 Å². The van der Waals surface area contributed by atoms with E-state index in [9.17, 15) is 0 Å². The molecule has 13 heavy (non-hydrogen) atoms. The lowest BCUT2D eigenvalue weighted by Crippen LogP contribution is -1.92. The van der Waals surface area contributed by atoms with Gasteiger partial charge in [-0.25, -0.2) is 4.98 Å². The first kappa shape index (κ1) is 8.73. The van der Waals surface area contributed by atoms with Crippen LogP contribution in [0.5, 0.6) is 0 Å². The van der Waals surface area contributed by atoms with E-state index < -0.39 is 0 Å². The Hall–Kier alpha value is -0.860. The normalized spacial score (nSPS) is 24.7.